The molecule has 0 aromatic heterocycles. The van der Waals surface area contributed by atoms with Crippen LogP contribution in [0.4, 0.5) is 17.1 Å². The van der Waals surface area contributed by atoms with E-state index in [2.05, 4.69) is 5.32 Å². The number of methoxy groups -OCH3 is 1. The summed E-state index contributed by atoms with van der Waals surface area (Å²) in [5, 5.41) is 2.91. The highest BCUT2D eigenvalue weighted by atomic mass is 16.5. The van der Waals surface area contributed by atoms with Crippen LogP contribution in [0.15, 0.2) is 48.5 Å². The highest BCUT2D eigenvalue weighted by Gasteiger charge is 2.35. The van der Waals surface area contributed by atoms with Gasteiger partial charge in [0.1, 0.15) is 5.75 Å². The Bertz CT molecular complexity index is 974. The summed E-state index contributed by atoms with van der Waals surface area (Å²) in [6, 6.07) is 14.6. The number of anilines is 3. The number of hydrogen-bond donors (Lipinski definition) is 1. The van der Waals surface area contributed by atoms with E-state index in [4.69, 9.17) is 4.74 Å². The maximum Gasteiger partial charge on any atom is 0.229 e. The predicted octanol–water partition coefficient (Wildman–Crippen LogP) is 3.20. The standard InChI is InChI=1S/C23H25N3O4/c1-30-20-9-5-8-19(14-20)26-15-16(12-22(26)28)23(29)24-17-6-4-7-18(13-17)25-11-3-2-10-21(25)27/h4-9,13-14,16H,2-3,10-12,15H2,1H3,(H,24,29). The molecule has 0 spiro atoms. The molecule has 0 aliphatic carbocycles. The van der Waals surface area contributed by atoms with Gasteiger partial charge in [0.15, 0.2) is 0 Å². The highest BCUT2D eigenvalue weighted by Crippen LogP contribution is 2.29. The highest BCUT2D eigenvalue weighted by molar-refractivity contribution is 6.04. The van der Waals surface area contributed by atoms with Gasteiger partial charge in [0.05, 0.1) is 13.0 Å². The molecule has 3 amide bonds. The average Bonchev–Trinajstić information content (AvgIpc) is 3.16. The Balaban J connectivity index is 1.44. The van der Waals surface area contributed by atoms with E-state index >= 15 is 0 Å². The lowest BCUT2D eigenvalue weighted by atomic mass is 10.1. The molecule has 156 valence electrons. The van der Waals surface area contributed by atoms with Gasteiger partial charge in [0.25, 0.3) is 0 Å². The van der Waals surface area contributed by atoms with Crippen molar-refractivity contribution in [3.8, 4) is 5.75 Å². The molecule has 1 unspecified atom stereocenters. The zero-order valence-corrected chi connectivity index (χ0v) is 17.0. The summed E-state index contributed by atoms with van der Waals surface area (Å²) in [5.74, 6) is 0.0493. The van der Waals surface area contributed by atoms with Gasteiger partial charge < -0.3 is 19.9 Å². The summed E-state index contributed by atoms with van der Waals surface area (Å²) in [6.45, 7) is 1.02. The Morgan fingerprint density at radius 1 is 1.00 bits per heavy atom. The van der Waals surface area contributed by atoms with E-state index in [1.54, 1.807) is 29.0 Å². The van der Waals surface area contributed by atoms with Crippen molar-refractivity contribution in [2.75, 3.05) is 35.3 Å². The van der Waals surface area contributed by atoms with Crippen LogP contribution in [0, 0.1) is 5.92 Å². The zero-order chi connectivity index (χ0) is 21.1. The van der Waals surface area contributed by atoms with Crippen LogP contribution >= 0.6 is 0 Å². The van der Waals surface area contributed by atoms with Gasteiger partial charge in [-0.1, -0.05) is 12.1 Å². The fourth-order valence-corrected chi connectivity index (χ4v) is 3.99. The summed E-state index contributed by atoms with van der Waals surface area (Å²) in [6.07, 6.45) is 2.62. The average molecular weight is 407 g/mol. The molecule has 2 aliphatic heterocycles. The summed E-state index contributed by atoms with van der Waals surface area (Å²) < 4.78 is 5.23. The number of ether oxygens (including phenoxy) is 1. The van der Waals surface area contributed by atoms with Gasteiger partial charge in [-0.05, 0) is 43.2 Å². The number of nitrogens with one attached hydrogen (secondary N) is 1. The van der Waals surface area contributed by atoms with Crippen LogP contribution < -0.4 is 19.9 Å². The Kier molecular flexibility index (Phi) is 5.70. The fraction of sp³-hybridized carbons (Fsp3) is 0.348. The quantitative estimate of drug-likeness (QED) is 0.826. The first-order chi connectivity index (χ1) is 14.5. The van der Waals surface area contributed by atoms with Gasteiger partial charge in [-0.25, -0.2) is 0 Å². The minimum Gasteiger partial charge on any atom is -0.497 e. The number of carbonyl (C=O) groups is 3. The molecule has 0 radical (unpaired) electrons. The third-order valence-electron chi connectivity index (χ3n) is 5.61. The van der Waals surface area contributed by atoms with E-state index in [-0.39, 0.29) is 24.1 Å². The summed E-state index contributed by atoms with van der Waals surface area (Å²) in [5.41, 5.74) is 2.14. The van der Waals surface area contributed by atoms with Crippen molar-refractivity contribution in [3.05, 3.63) is 48.5 Å². The molecule has 30 heavy (non-hydrogen) atoms. The van der Waals surface area contributed by atoms with Gasteiger partial charge in [-0.2, -0.15) is 0 Å². The minimum absolute atomic E-state index is 0.0870. The molecule has 2 saturated heterocycles. The van der Waals surface area contributed by atoms with Crippen molar-refractivity contribution in [3.63, 3.8) is 0 Å². The third kappa shape index (κ3) is 4.15. The first-order valence-corrected chi connectivity index (χ1v) is 10.2. The number of hydrogen-bond acceptors (Lipinski definition) is 4. The van der Waals surface area contributed by atoms with Crippen LogP contribution in [0.3, 0.4) is 0 Å². The van der Waals surface area contributed by atoms with E-state index in [9.17, 15) is 14.4 Å². The molecule has 7 heteroatoms. The predicted molar refractivity (Wildman–Crippen MR) is 115 cm³/mol. The number of carbonyl (C=O) groups excluding carboxylic acids is 3. The molecule has 0 bridgehead atoms. The summed E-state index contributed by atoms with van der Waals surface area (Å²) in [7, 11) is 1.58. The topological polar surface area (TPSA) is 79.0 Å². The van der Waals surface area contributed by atoms with Gasteiger partial charge in [-0.3, -0.25) is 14.4 Å². The number of rotatable bonds is 5. The molecule has 4 rings (SSSR count). The van der Waals surface area contributed by atoms with Crippen molar-refractivity contribution in [1.29, 1.82) is 0 Å². The van der Waals surface area contributed by atoms with Gasteiger partial charge in [0, 0.05) is 49.1 Å². The van der Waals surface area contributed by atoms with Crippen molar-refractivity contribution in [2.45, 2.75) is 25.7 Å². The summed E-state index contributed by atoms with van der Waals surface area (Å²) >= 11 is 0. The van der Waals surface area contributed by atoms with Crippen LogP contribution in [0.1, 0.15) is 25.7 Å². The first kappa shape index (κ1) is 19.9. The Hall–Kier alpha value is -3.35. The maximum absolute atomic E-state index is 12.8. The second kappa shape index (κ2) is 8.57. The maximum atomic E-state index is 12.8. The fourth-order valence-electron chi connectivity index (χ4n) is 3.99. The molecule has 0 saturated carbocycles. The van der Waals surface area contributed by atoms with Crippen LogP contribution in [0.2, 0.25) is 0 Å². The molecule has 1 N–H and O–H groups in total. The normalized spacial score (nSPS) is 19.2. The Labute approximate surface area is 175 Å². The van der Waals surface area contributed by atoms with Gasteiger partial charge >= 0.3 is 0 Å². The molecule has 2 aromatic carbocycles. The number of benzene rings is 2. The number of amides is 3. The zero-order valence-electron chi connectivity index (χ0n) is 17.0. The molecular weight excluding hydrogens is 382 g/mol. The van der Waals surface area contributed by atoms with Crippen LogP contribution in [0.5, 0.6) is 5.75 Å². The molecule has 2 aliphatic rings. The van der Waals surface area contributed by atoms with E-state index < -0.39 is 5.92 Å². The lowest BCUT2D eigenvalue weighted by molar-refractivity contribution is -0.122. The number of nitrogens with zero attached hydrogens (tertiary/aromatic N) is 2. The van der Waals surface area contributed by atoms with Crippen LogP contribution in [-0.4, -0.2) is 37.9 Å². The SMILES string of the molecule is COc1cccc(N2CC(C(=O)Nc3cccc(N4CCCCC4=O)c3)CC2=O)c1. The molecular formula is C23H25N3O4. The van der Waals surface area contributed by atoms with Gasteiger partial charge in [0.2, 0.25) is 17.7 Å². The van der Waals surface area contributed by atoms with Crippen molar-refractivity contribution in [1.82, 2.24) is 0 Å². The van der Waals surface area contributed by atoms with Crippen molar-refractivity contribution in [2.24, 2.45) is 5.92 Å². The largest absolute Gasteiger partial charge is 0.497 e. The third-order valence-corrected chi connectivity index (χ3v) is 5.61. The van der Waals surface area contributed by atoms with Crippen LogP contribution in [-0.2, 0) is 14.4 Å². The Morgan fingerprint density at radius 2 is 1.77 bits per heavy atom. The van der Waals surface area contributed by atoms with E-state index in [1.807, 2.05) is 36.4 Å². The van der Waals surface area contributed by atoms with Crippen molar-refractivity contribution < 1.29 is 19.1 Å². The second-order valence-corrected chi connectivity index (χ2v) is 7.65. The summed E-state index contributed by atoms with van der Waals surface area (Å²) in [4.78, 5) is 40.9. The lowest BCUT2D eigenvalue weighted by Crippen LogP contribution is -2.35. The molecule has 1 atom stereocenters. The smallest absolute Gasteiger partial charge is 0.229 e. The number of piperidine rings is 1. The molecule has 2 fully saturated rings. The first-order valence-electron chi connectivity index (χ1n) is 10.2. The monoisotopic (exact) mass is 407 g/mol. The van der Waals surface area contributed by atoms with Crippen LogP contribution in [0.25, 0.3) is 0 Å². The van der Waals surface area contributed by atoms with E-state index in [0.29, 0.717) is 30.9 Å². The van der Waals surface area contributed by atoms with E-state index in [1.165, 1.54) is 0 Å². The molecule has 2 heterocycles. The molecule has 2 aromatic rings. The van der Waals surface area contributed by atoms with E-state index in [0.717, 1.165) is 24.2 Å². The minimum atomic E-state index is -0.441. The van der Waals surface area contributed by atoms with Crippen molar-refractivity contribution >= 4 is 34.8 Å². The molecule has 7 nitrogen and oxygen atoms in total. The Morgan fingerprint density at radius 3 is 2.53 bits per heavy atom. The second-order valence-electron chi connectivity index (χ2n) is 7.65. The van der Waals surface area contributed by atoms with Gasteiger partial charge in [-0.15, -0.1) is 0 Å². The lowest BCUT2D eigenvalue weighted by Gasteiger charge is -2.27.